The fourth-order valence-electron chi connectivity index (χ4n) is 3.96. The molecule has 2 heterocycles. The number of aromatic nitrogens is 1. The Hall–Kier alpha value is -1.85. The largest absolute Gasteiger partial charge is 0.360 e. The predicted octanol–water partition coefficient (Wildman–Crippen LogP) is 2.81. The fraction of sp³-hybridized carbons (Fsp3) is 0.737. The summed E-state index contributed by atoms with van der Waals surface area (Å²) < 4.78 is 5.45. The lowest BCUT2D eigenvalue weighted by atomic mass is 9.95. The molecule has 6 heteroatoms. The molecule has 1 aliphatic carbocycles. The molecule has 0 unspecified atom stereocenters. The Morgan fingerprint density at radius 2 is 1.96 bits per heavy atom. The molecule has 1 fully saturated rings. The van der Waals surface area contributed by atoms with Crippen molar-refractivity contribution in [2.75, 3.05) is 19.6 Å². The van der Waals surface area contributed by atoms with Crippen LogP contribution in [0.4, 0.5) is 0 Å². The Bertz CT molecular complexity index is 617. The van der Waals surface area contributed by atoms with Gasteiger partial charge in [0.05, 0.1) is 0 Å². The van der Waals surface area contributed by atoms with Gasteiger partial charge in [0, 0.05) is 44.6 Å². The van der Waals surface area contributed by atoms with E-state index in [1.165, 1.54) is 0 Å². The maximum Gasteiger partial charge on any atom is 0.276 e. The molecule has 0 N–H and O–H groups in total. The normalized spacial score (nSPS) is 18.1. The molecule has 138 valence electrons. The van der Waals surface area contributed by atoms with Crippen LogP contribution in [-0.4, -0.2) is 52.4 Å². The van der Waals surface area contributed by atoms with Crippen molar-refractivity contribution in [3.8, 4) is 0 Å². The second-order valence-electron chi connectivity index (χ2n) is 7.23. The second kappa shape index (κ2) is 8.02. The van der Waals surface area contributed by atoms with Gasteiger partial charge in [0.1, 0.15) is 5.76 Å². The van der Waals surface area contributed by atoms with E-state index < -0.39 is 0 Å². The summed E-state index contributed by atoms with van der Waals surface area (Å²) in [5.74, 6) is 1.04. The number of carbonyl (C=O) groups is 2. The summed E-state index contributed by atoms with van der Waals surface area (Å²) in [4.78, 5) is 28.6. The summed E-state index contributed by atoms with van der Waals surface area (Å²) in [5.41, 5.74) is 1.55. The average molecular weight is 347 g/mol. The van der Waals surface area contributed by atoms with Crippen molar-refractivity contribution in [1.29, 1.82) is 0 Å². The second-order valence-corrected chi connectivity index (χ2v) is 7.23. The highest BCUT2D eigenvalue weighted by Crippen LogP contribution is 2.27. The van der Waals surface area contributed by atoms with Crippen LogP contribution in [0.15, 0.2) is 4.52 Å². The molecule has 1 aliphatic heterocycles. The standard InChI is InChI=1S/C19H29N3O3/c1-3-4-11-22(15-9-12-21(13-10-15)14(2)23)19(24)18-16-7-5-6-8-17(16)25-20-18/h15H,3-13H2,1-2H3. The molecule has 3 rings (SSSR count). The van der Waals surface area contributed by atoms with E-state index in [2.05, 4.69) is 12.1 Å². The third kappa shape index (κ3) is 3.88. The molecule has 1 saturated heterocycles. The number of likely N-dealkylation sites (tertiary alicyclic amines) is 1. The fourth-order valence-corrected chi connectivity index (χ4v) is 3.96. The molecule has 2 aliphatic rings. The maximum atomic E-state index is 13.2. The van der Waals surface area contributed by atoms with Gasteiger partial charge in [0.15, 0.2) is 5.69 Å². The van der Waals surface area contributed by atoms with Crippen molar-refractivity contribution < 1.29 is 14.1 Å². The van der Waals surface area contributed by atoms with Gasteiger partial charge in [-0.2, -0.15) is 0 Å². The van der Waals surface area contributed by atoms with E-state index in [9.17, 15) is 9.59 Å². The molecule has 0 aromatic carbocycles. The lowest BCUT2D eigenvalue weighted by molar-refractivity contribution is -0.130. The maximum absolute atomic E-state index is 13.2. The highest BCUT2D eigenvalue weighted by Gasteiger charge is 2.33. The average Bonchev–Trinajstić information content (AvgIpc) is 3.06. The van der Waals surface area contributed by atoms with Crippen molar-refractivity contribution in [1.82, 2.24) is 15.0 Å². The molecule has 25 heavy (non-hydrogen) atoms. The van der Waals surface area contributed by atoms with E-state index in [1.807, 2.05) is 9.80 Å². The zero-order chi connectivity index (χ0) is 17.8. The van der Waals surface area contributed by atoms with Crippen LogP contribution < -0.4 is 0 Å². The Morgan fingerprint density at radius 1 is 1.24 bits per heavy atom. The minimum Gasteiger partial charge on any atom is -0.360 e. The van der Waals surface area contributed by atoms with Crippen LogP contribution in [0.5, 0.6) is 0 Å². The molecule has 2 amide bonds. The SMILES string of the molecule is CCCCN(C(=O)c1noc2c1CCCC2)C1CCN(C(C)=O)CC1. The highest BCUT2D eigenvalue weighted by atomic mass is 16.5. The molecule has 0 spiro atoms. The predicted molar refractivity (Wildman–Crippen MR) is 94.4 cm³/mol. The van der Waals surface area contributed by atoms with Crippen molar-refractivity contribution in [2.45, 2.75) is 71.3 Å². The molecule has 0 atom stereocenters. The zero-order valence-corrected chi connectivity index (χ0v) is 15.4. The number of carbonyl (C=O) groups excluding carboxylic acids is 2. The molecule has 0 radical (unpaired) electrons. The van der Waals surface area contributed by atoms with E-state index in [4.69, 9.17) is 4.52 Å². The lowest BCUT2D eigenvalue weighted by Gasteiger charge is -2.38. The number of aryl methyl sites for hydroxylation is 1. The molecule has 6 nitrogen and oxygen atoms in total. The summed E-state index contributed by atoms with van der Waals surface area (Å²) in [6.07, 6.45) is 7.71. The van der Waals surface area contributed by atoms with Crippen molar-refractivity contribution >= 4 is 11.8 Å². The molecular weight excluding hydrogens is 318 g/mol. The van der Waals surface area contributed by atoms with Gasteiger partial charge in [0.2, 0.25) is 5.91 Å². The number of amides is 2. The summed E-state index contributed by atoms with van der Waals surface area (Å²) in [6.45, 7) is 5.96. The first-order chi connectivity index (χ1) is 12.1. The Kier molecular flexibility index (Phi) is 5.76. The van der Waals surface area contributed by atoms with E-state index in [0.29, 0.717) is 5.69 Å². The number of rotatable bonds is 5. The lowest BCUT2D eigenvalue weighted by Crippen LogP contribution is -2.49. The van der Waals surface area contributed by atoms with Crippen LogP contribution >= 0.6 is 0 Å². The number of hydrogen-bond acceptors (Lipinski definition) is 4. The Labute approximate surface area is 149 Å². The summed E-state index contributed by atoms with van der Waals surface area (Å²) in [6, 6.07) is 0.186. The summed E-state index contributed by atoms with van der Waals surface area (Å²) in [5, 5.41) is 4.13. The topological polar surface area (TPSA) is 66.7 Å². The van der Waals surface area contributed by atoms with Gasteiger partial charge in [-0.15, -0.1) is 0 Å². The van der Waals surface area contributed by atoms with Gasteiger partial charge in [-0.25, -0.2) is 0 Å². The molecule has 1 aromatic rings. The quantitative estimate of drug-likeness (QED) is 0.821. The van der Waals surface area contributed by atoms with Crippen LogP contribution in [0.3, 0.4) is 0 Å². The molecule has 1 aromatic heterocycles. The molecule has 0 bridgehead atoms. The summed E-state index contributed by atoms with van der Waals surface area (Å²) >= 11 is 0. The molecule has 0 saturated carbocycles. The van der Waals surface area contributed by atoms with Crippen molar-refractivity contribution in [3.05, 3.63) is 17.0 Å². The Balaban J connectivity index is 1.75. The first kappa shape index (κ1) is 18.0. The van der Waals surface area contributed by atoms with Gasteiger partial charge in [-0.3, -0.25) is 9.59 Å². The van der Waals surface area contributed by atoms with E-state index in [-0.39, 0.29) is 17.9 Å². The van der Waals surface area contributed by atoms with Crippen LogP contribution in [-0.2, 0) is 17.6 Å². The highest BCUT2D eigenvalue weighted by molar-refractivity contribution is 5.94. The monoisotopic (exact) mass is 347 g/mol. The smallest absolute Gasteiger partial charge is 0.276 e. The van der Waals surface area contributed by atoms with Gasteiger partial charge in [-0.05, 0) is 38.5 Å². The minimum atomic E-state index is 0.0154. The van der Waals surface area contributed by atoms with Crippen molar-refractivity contribution in [2.24, 2.45) is 0 Å². The summed E-state index contributed by atoms with van der Waals surface area (Å²) in [7, 11) is 0. The van der Waals surface area contributed by atoms with Gasteiger partial charge in [0.25, 0.3) is 5.91 Å². The van der Waals surface area contributed by atoms with Gasteiger partial charge >= 0.3 is 0 Å². The number of piperidine rings is 1. The van der Waals surface area contributed by atoms with E-state index in [1.54, 1.807) is 6.92 Å². The van der Waals surface area contributed by atoms with Crippen LogP contribution in [0.1, 0.15) is 74.2 Å². The third-order valence-electron chi connectivity index (χ3n) is 5.52. The van der Waals surface area contributed by atoms with Crippen LogP contribution in [0.25, 0.3) is 0 Å². The van der Waals surface area contributed by atoms with Crippen molar-refractivity contribution in [3.63, 3.8) is 0 Å². The van der Waals surface area contributed by atoms with Crippen LogP contribution in [0.2, 0.25) is 0 Å². The van der Waals surface area contributed by atoms with E-state index in [0.717, 1.165) is 82.3 Å². The Morgan fingerprint density at radius 3 is 2.64 bits per heavy atom. The first-order valence-electron chi connectivity index (χ1n) is 9.65. The van der Waals surface area contributed by atoms with Crippen LogP contribution in [0, 0.1) is 0 Å². The number of nitrogens with zero attached hydrogens (tertiary/aromatic N) is 3. The first-order valence-corrected chi connectivity index (χ1v) is 9.65. The van der Waals surface area contributed by atoms with E-state index >= 15 is 0 Å². The van der Waals surface area contributed by atoms with Gasteiger partial charge < -0.3 is 14.3 Å². The minimum absolute atomic E-state index is 0.0154. The van der Waals surface area contributed by atoms with Gasteiger partial charge in [-0.1, -0.05) is 18.5 Å². The zero-order valence-electron chi connectivity index (χ0n) is 15.4. The molecular formula is C19H29N3O3. The number of hydrogen-bond donors (Lipinski definition) is 0. The third-order valence-corrected chi connectivity index (χ3v) is 5.52. The number of fused-ring (bicyclic) bond motifs is 1. The number of unbranched alkanes of at least 4 members (excludes halogenated alkanes) is 1.